The van der Waals surface area contributed by atoms with Crippen LogP contribution in [0.2, 0.25) is 0 Å². The number of carbonyl (C=O) groups is 2. The Morgan fingerprint density at radius 1 is 1.30 bits per heavy atom. The van der Waals surface area contributed by atoms with E-state index in [1.807, 2.05) is 54.8 Å². The van der Waals surface area contributed by atoms with E-state index in [1.165, 1.54) is 0 Å². The van der Waals surface area contributed by atoms with Crippen LogP contribution in [-0.4, -0.2) is 21.6 Å². The number of para-hydroxylation sites is 1. The molecule has 23 heavy (non-hydrogen) atoms. The summed E-state index contributed by atoms with van der Waals surface area (Å²) in [6, 6.07) is 9.57. The van der Waals surface area contributed by atoms with E-state index < -0.39 is 5.97 Å². The lowest BCUT2D eigenvalue weighted by molar-refractivity contribution is -0.137. The van der Waals surface area contributed by atoms with Gasteiger partial charge >= 0.3 is 5.97 Å². The molecule has 5 heteroatoms. The van der Waals surface area contributed by atoms with Gasteiger partial charge in [-0.05, 0) is 37.6 Å². The molecule has 2 N–H and O–H groups in total. The number of benzene rings is 1. The van der Waals surface area contributed by atoms with E-state index in [0.29, 0.717) is 12.1 Å². The van der Waals surface area contributed by atoms with Crippen LogP contribution in [0, 0.1) is 13.8 Å². The van der Waals surface area contributed by atoms with Gasteiger partial charge in [0.05, 0.1) is 12.0 Å². The van der Waals surface area contributed by atoms with Crippen LogP contribution >= 0.6 is 0 Å². The van der Waals surface area contributed by atoms with Crippen molar-refractivity contribution in [1.82, 2.24) is 4.57 Å². The number of carboxylic acids is 1. The summed E-state index contributed by atoms with van der Waals surface area (Å²) >= 11 is 0. The first-order chi connectivity index (χ1) is 11.0. The van der Waals surface area contributed by atoms with E-state index in [1.54, 1.807) is 0 Å². The average Bonchev–Trinajstić information content (AvgIpc) is 2.95. The summed E-state index contributed by atoms with van der Waals surface area (Å²) < 4.78 is 1.95. The second kappa shape index (κ2) is 5.76. The Hall–Kier alpha value is -2.82. The number of fused-ring (bicyclic) bond motifs is 1. The number of carbonyl (C=O) groups excluding carboxylic acids is 1. The third-order valence-electron chi connectivity index (χ3n) is 4.09. The normalized spacial score (nSPS) is 14.9. The highest BCUT2D eigenvalue weighted by Crippen LogP contribution is 2.33. The highest BCUT2D eigenvalue weighted by molar-refractivity contribution is 6.34. The monoisotopic (exact) mass is 310 g/mol. The number of aliphatic carboxylic acids is 1. The Balaban J connectivity index is 2.06. The molecule has 1 aromatic carbocycles. The molecule has 118 valence electrons. The van der Waals surface area contributed by atoms with Crippen LogP contribution in [0.3, 0.4) is 0 Å². The fourth-order valence-corrected chi connectivity index (χ4v) is 2.98. The van der Waals surface area contributed by atoms with Crippen LogP contribution in [0.15, 0.2) is 30.3 Å². The summed E-state index contributed by atoms with van der Waals surface area (Å²) in [4.78, 5) is 23.1. The lowest BCUT2D eigenvalue weighted by Gasteiger charge is -2.09. The minimum Gasteiger partial charge on any atom is -0.481 e. The average molecular weight is 310 g/mol. The smallest absolute Gasteiger partial charge is 0.305 e. The molecule has 0 fully saturated rings. The first-order valence-electron chi connectivity index (χ1n) is 7.48. The molecule has 0 spiro atoms. The van der Waals surface area contributed by atoms with Crippen LogP contribution in [0.25, 0.3) is 11.6 Å². The lowest BCUT2D eigenvalue weighted by atomic mass is 10.1. The largest absolute Gasteiger partial charge is 0.481 e. The summed E-state index contributed by atoms with van der Waals surface area (Å²) in [6.45, 7) is 4.30. The van der Waals surface area contributed by atoms with Gasteiger partial charge in [-0.2, -0.15) is 0 Å². The SMILES string of the molecule is Cc1cc(C)n(CCC(=O)O)c1C=C1C(=O)Nc2ccccc21. The lowest BCUT2D eigenvalue weighted by Crippen LogP contribution is -2.09. The van der Waals surface area contributed by atoms with Crippen LogP contribution in [0.4, 0.5) is 5.69 Å². The molecule has 3 rings (SSSR count). The fraction of sp³-hybridized carbons (Fsp3) is 0.222. The zero-order valence-corrected chi connectivity index (χ0v) is 13.1. The summed E-state index contributed by atoms with van der Waals surface area (Å²) in [6.07, 6.45) is 1.90. The van der Waals surface area contributed by atoms with E-state index in [-0.39, 0.29) is 12.3 Å². The van der Waals surface area contributed by atoms with Gasteiger partial charge in [0.2, 0.25) is 0 Å². The zero-order valence-electron chi connectivity index (χ0n) is 13.1. The molecule has 0 saturated heterocycles. The molecule has 0 bridgehead atoms. The molecule has 0 saturated carbocycles. The van der Waals surface area contributed by atoms with E-state index in [2.05, 4.69) is 5.32 Å². The predicted octanol–water partition coefficient (Wildman–Crippen LogP) is 3.07. The van der Waals surface area contributed by atoms with Gasteiger partial charge in [-0.1, -0.05) is 18.2 Å². The Morgan fingerprint density at radius 2 is 2.04 bits per heavy atom. The summed E-state index contributed by atoms with van der Waals surface area (Å²) in [7, 11) is 0. The minimum absolute atomic E-state index is 0.0495. The molecule has 1 aliphatic rings. The molecule has 0 radical (unpaired) electrons. The van der Waals surface area contributed by atoms with Gasteiger partial charge in [0.1, 0.15) is 0 Å². The molecule has 5 nitrogen and oxygen atoms in total. The van der Waals surface area contributed by atoms with Crippen molar-refractivity contribution in [3.05, 3.63) is 52.8 Å². The maximum absolute atomic E-state index is 12.2. The molecule has 0 unspecified atom stereocenters. The summed E-state index contributed by atoms with van der Waals surface area (Å²) in [5.74, 6) is -0.965. The van der Waals surface area contributed by atoms with Gasteiger partial charge in [-0.15, -0.1) is 0 Å². The number of carboxylic acid groups (broad SMARTS) is 1. The molecule has 2 heterocycles. The topological polar surface area (TPSA) is 71.3 Å². The van der Waals surface area contributed by atoms with Crippen LogP contribution in [0.1, 0.15) is 28.9 Å². The second-order valence-electron chi connectivity index (χ2n) is 5.71. The van der Waals surface area contributed by atoms with Gasteiger partial charge in [-0.3, -0.25) is 9.59 Å². The van der Waals surface area contributed by atoms with Crippen molar-refractivity contribution in [1.29, 1.82) is 0 Å². The number of aryl methyl sites for hydroxylation is 2. The van der Waals surface area contributed by atoms with E-state index in [0.717, 1.165) is 28.2 Å². The maximum atomic E-state index is 12.2. The number of hydrogen-bond donors (Lipinski definition) is 2. The fourth-order valence-electron chi connectivity index (χ4n) is 2.98. The number of rotatable bonds is 4. The summed E-state index contributed by atoms with van der Waals surface area (Å²) in [5, 5.41) is 11.8. The van der Waals surface area contributed by atoms with Crippen molar-refractivity contribution in [2.24, 2.45) is 0 Å². The number of anilines is 1. The van der Waals surface area contributed by atoms with Crippen molar-refractivity contribution in [2.45, 2.75) is 26.8 Å². The van der Waals surface area contributed by atoms with Crippen LogP contribution < -0.4 is 5.32 Å². The minimum atomic E-state index is -0.835. The van der Waals surface area contributed by atoms with Gasteiger partial charge < -0.3 is 15.0 Å². The predicted molar refractivity (Wildman–Crippen MR) is 89.1 cm³/mol. The van der Waals surface area contributed by atoms with Crippen molar-refractivity contribution in [2.75, 3.05) is 5.32 Å². The van der Waals surface area contributed by atoms with Crippen LogP contribution in [-0.2, 0) is 16.1 Å². The Bertz CT molecular complexity index is 831. The number of nitrogens with zero attached hydrogens (tertiary/aromatic N) is 1. The highest BCUT2D eigenvalue weighted by atomic mass is 16.4. The molecular formula is C18H18N2O3. The third kappa shape index (κ3) is 2.77. The highest BCUT2D eigenvalue weighted by Gasteiger charge is 2.24. The van der Waals surface area contributed by atoms with Gasteiger partial charge in [0, 0.05) is 29.2 Å². The van der Waals surface area contributed by atoms with E-state index in [9.17, 15) is 9.59 Å². The Morgan fingerprint density at radius 3 is 2.78 bits per heavy atom. The Labute approximate surface area is 134 Å². The number of nitrogens with one attached hydrogen (secondary N) is 1. The van der Waals surface area contributed by atoms with E-state index in [4.69, 9.17) is 5.11 Å². The standard InChI is InChI=1S/C18H18N2O3/c1-11-9-12(2)20(8-7-17(21)22)16(11)10-14-13-5-3-4-6-15(13)19-18(14)23/h3-6,9-10H,7-8H2,1-2H3,(H,19,23)(H,21,22). The molecule has 1 amide bonds. The molecule has 1 aliphatic heterocycles. The van der Waals surface area contributed by atoms with Crippen molar-refractivity contribution in [3.8, 4) is 0 Å². The van der Waals surface area contributed by atoms with Crippen molar-refractivity contribution >= 4 is 29.2 Å². The van der Waals surface area contributed by atoms with Gasteiger partial charge in [-0.25, -0.2) is 0 Å². The second-order valence-corrected chi connectivity index (χ2v) is 5.71. The third-order valence-corrected chi connectivity index (χ3v) is 4.09. The summed E-state index contributed by atoms with van der Waals surface area (Å²) in [5.41, 5.74) is 5.19. The van der Waals surface area contributed by atoms with Crippen molar-refractivity contribution in [3.63, 3.8) is 0 Å². The number of aromatic nitrogens is 1. The molecule has 0 aliphatic carbocycles. The molecule has 1 aromatic heterocycles. The number of amides is 1. The number of hydrogen-bond acceptors (Lipinski definition) is 2. The Kier molecular flexibility index (Phi) is 3.78. The molecular weight excluding hydrogens is 292 g/mol. The van der Waals surface area contributed by atoms with Gasteiger partial charge in [0.15, 0.2) is 0 Å². The first-order valence-corrected chi connectivity index (χ1v) is 7.48. The van der Waals surface area contributed by atoms with Crippen LogP contribution in [0.5, 0.6) is 0 Å². The van der Waals surface area contributed by atoms with Gasteiger partial charge in [0.25, 0.3) is 5.91 Å². The molecule has 0 atom stereocenters. The van der Waals surface area contributed by atoms with Crippen molar-refractivity contribution < 1.29 is 14.7 Å². The first kappa shape index (κ1) is 15.1. The van der Waals surface area contributed by atoms with E-state index >= 15 is 0 Å². The maximum Gasteiger partial charge on any atom is 0.305 e. The quantitative estimate of drug-likeness (QED) is 0.853. The molecule has 2 aromatic rings. The zero-order chi connectivity index (χ0) is 16.6.